The van der Waals surface area contributed by atoms with Crippen molar-refractivity contribution in [1.82, 2.24) is 5.32 Å². The van der Waals surface area contributed by atoms with Crippen molar-refractivity contribution in [1.29, 1.82) is 0 Å². The molecule has 4 rings (SSSR count). The fourth-order valence-electron chi connectivity index (χ4n) is 3.71. The van der Waals surface area contributed by atoms with E-state index in [0.29, 0.717) is 22.5 Å². The molecular formula is C30H25N5O7S2. The number of nitrogens with zero attached hydrogens (tertiary/aromatic N) is 1. The molecular weight excluding hydrogens is 606 g/mol. The second-order valence-corrected chi connectivity index (χ2v) is 11.7. The maximum absolute atomic E-state index is 13.2. The standard InChI is InChI=1S/C30H25N5O7S2/c31-44(41,42)26-16-10-22(11-17-26)32-28(36)19-43-25-14-8-23(9-15-25)33-30(38)27(34-29(37)21-4-2-1-3-5-21)18-20-6-12-24(13-7-20)35(39)40/h1-18H,19H2,(H,32,36)(H,33,38)(H,34,37)(H2,31,41,42)/b27-18-. The van der Waals surface area contributed by atoms with Gasteiger partial charge >= 0.3 is 0 Å². The summed E-state index contributed by atoms with van der Waals surface area (Å²) in [5.74, 6) is -1.39. The Balaban J connectivity index is 1.39. The average molecular weight is 632 g/mol. The first kappa shape index (κ1) is 31.6. The Labute approximate surface area is 256 Å². The van der Waals surface area contributed by atoms with Crippen LogP contribution < -0.4 is 21.1 Å². The van der Waals surface area contributed by atoms with E-state index in [1.54, 1.807) is 54.6 Å². The molecule has 0 radical (unpaired) electrons. The van der Waals surface area contributed by atoms with Crippen LogP contribution in [0.4, 0.5) is 17.1 Å². The molecule has 0 saturated carbocycles. The first-order valence-electron chi connectivity index (χ1n) is 12.8. The van der Waals surface area contributed by atoms with E-state index in [1.807, 2.05) is 0 Å². The van der Waals surface area contributed by atoms with Crippen molar-refractivity contribution in [3.05, 3.63) is 130 Å². The first-order valence-corrected chi connectivity index (χ1v) is 15.3. The van der Waals surface area contributed by atoms with Crippen LogP contribution >= 0.6 is 11.8 Å². The molecule has 0 aromatic heterocycles. The van der Waals surface area contributed by atoms with E-state index >= 15 is 0 Å². The van der Waals surface area contributed by atoms with Gasteiger partial charge in [-0.25, -0.2) is 13.6 Å². The number of sulfonamides is 1. The van der Waals surface area contributed by atoms with E-state index in [-0.39, 0.29) is 27.9 Å². The van der Waals surface area contributed by atoms with Crippen LogP contribution in [-0.4, -0.2) is 36.8 Å². The molecule has 0 fully saturated rings. The number of anilines is 2. The van der Waals surface area contributed by atoms with Crippen LogP contribution in [0.2, 0.25) is 0 Å². The molecule has 12 nitrogen and oxygen atoms in total. The quantitative estimate of drug-likeness (QED) is 0.0811. The second kappa shape index (κ2) is 14.2. The highest BCUT2D eigenvalue weighted by Crippen LogP contribution is 2.22. The van der Waals surface area contributed by atoms with Gasteiger partial charge in [-0.15, -0.1) is 11.8 Å². The maximum atomic E-state index is 13.2. The van der Waals surface area contributed by atoms with E-state index in [4.69, 9.17) is 5.14 Å². The van der Waals surface area contributed by atoms with Gasteiger partial charge < -0.3 is 16.0 Å². The SMILES string of the molecule is NS(=O)(=O)c1ccc(NC(=O)CSc2ccc(NC(=O)/C(=C/c3ccc([N+](=O)[O-])cc3)NC(=O)c3ccccc3)cc2)cc1. The summed E-state index contributed by atoms with van der Waals surface area (Å²) in [7, 11) is -3.83. The number of benzene rings is 4. The fraction of sp³-hybridized carbons (Fsp3) is 0.0333. The molecule has 14 heteroatoms. The lowest BCUT2D eigenvalue weighted by Gasteiger charge is -2.12. The topological polar surface area (TPSA) is 191 Å². The number of carbonyl (C=O) groups is 3. The molecule has 3 amide bonds. The van der Waals surface area contributed by atoms with E-state index in [1.165, 1.54) is 66.4 Å². The zero-order chi connectivity index (χ0) is 31.7. The minimum Gasteiger partial charge on any atom is -0.325 e. The number of non-ortho nitro benzene ring substituents is 1. The van der Waals surface area contributed by atoms with Crippen LogP contribution in [0.1, 0.15) is 15.9 Å². The normalized spacial score (nSPS) is 11.3. The molecule has 4 aromatic carbocycles. The smallest absolute Gasteiger partial charge is 0.272 e. The number of amides is 3. The number of carbonyl (C=O) groups excluding carboxylic acids is 3. The van der Waals surface area contributed by atoms with Crippen molar-refractivity contribution in [3.63, 3.8) is 0 Å². The van der Waals surface area contributed by atoms with Crippen molar-refractivity contribution in [2.75, 3.05) is 16.4 Å². The number of hydrogen-bond acceptors (Lipinski definition) is 8. The summed E-state index contributed by atoms with van der Waals surface area (Å²) in [6.07, 6.45) is 1.41. The summed E-state index contributed by atoms with van der Waals surface area (Å²) in [5.41, 5.74) is 1.43. The highest BCUT2D eigenvalue weighted by molar-refractivity contribution is 8.00. The summed E-state index contributed by atoms with van der Waals surface area (Å²) in [5, 5.41) is 24.1. The van der Waals surface area contributed by atoms with Crippen molar-refractivity contribution in [2.45, 2.75) is 9.79 Å². The van der Waals surface area contributed by atoms with Crippen LogP contribution in [0.25, 0.3) is 6.08 Å². The molecule has 44 heavy (non-hydrogen) atoms. The molecule has 0 heterocycles. The maximum Gasteiger partial charge on any atom is 0.272 e. The highest BCUT2D eigenvalue weighted by Gasteiger charge is 2.16. The first-order chi connectivity index (χ1) is 21.0. The highest BCUT2D eigenvalue weighted by atomic mass is 32.2. The van der Waals surface area contributed by atoms with Crippen LogP contribution in [0.15, 0.2) is 119 Å². The zero-order valence-corrected chi connectivity index (χ0v) is 24.4. The summed E-state index contributed by atoms with van der Waals surface area (Å²) < 4.78 is 22.7. The third kappa shape index (κ3) is 9.09. The zero-order valence-electron chi connectivity index (χ0n) is 22.8. The lowest BCUT2D eigenvalue weighted by Crippen LogP contribution is -2.30. The van der Waals surface area contributed by atoms with Gasteiger partial charge in [-0.05, 0) is 84.4 Å². The number of thioether (sulfide) groups is 1. The molecule has 0 aliphatic heterocycles. The predicted molar refractivity (Wildman–Crippen MR) is 167 cm³/mol. The summed E-state index contributed by atoms with van der Waals surface area (Å²) in [6.45, 7) is 0. The number of nitrogens with one attached hydrogen (secondary N) is 3. The van der Waals surface area contributed by atoms with Crippen molar-refractivity contribution in [2.24, 2.45) is 5.14 Å². The summed E-state index contributed by atoms with van der Waals surface area (Å²) >= 11 is 1.24. The Bertz CT molecular complexity index is 1810. The molecule has 0 saturated heterocycles. The Morgan fingerprint density at radius 3 is 2.00 bits per heavy atom. The van der Waals surface area contributed by atoms with Crippen LogP contribution in [0.5, 0.6) is 0 Å². The summed E-state index contributed by atoms with van der Waals surface area (Å²) in [4.78, 5) is 49.5. The molecule has 0 unspecified atom stereocenters. The third-order valence-electron chi connectivity index (χ3n) is 5.89. The van der Waals surface area contributed by atoms with Gasteiger partial charge in [0.15, 0.2) is 0 Å². The lowest BCUT2D eigenvalue weighted by molar-refractivity contribution is -0.384. The van der Waals surface area contributed by atoms with E-state index < -0.39 is 26.8 Å². The third-order valence-corrected chi connectivity index (χ3v) is 7.83. The van der Waals surface area contributed by atoms with Crippen LogP contribution in [-0.2, 0) is 19.6 Å². The Hall–Kier alpha value is -5.31. The second-order valence-electron chi connectivity index (χ2n) is 9.11. The van der Waals surface area contributed by atoms with Crippen molar-refractivity contribution < 1.29 is 27.7 Å². The number of nitrogens with two attached hydrogens (primary N) is 1. The van der Waals surface area contributed by atoms with Gasteiger partial charge in [0.2, 0.25) is 15.9 Å². The van der Waals surface area contributed by atoms with Crippen LogP contribution in [0.3, 0.4) is 0 Å². The Kier molecular flexibility index (Phi) is 10.2. The number of rotatable bonds is 11. The number of nitro benzene ring substituents is 1. The Morgan fingerprint density at radius 2 is 1.41 bits per heavy atom. The van der Waals surface area contributed by atoms with Gasteiger partial charge in [0.25, 0.3) is 17.5 Å². The minimum absolute atomic E-state index is 0.0652. The molecule has 4 aromatic rings. The molecule has 5 N–H and O–H groups in total. The van der Waals surface area contributed by atoms with E-state index in [0.717, 1.165) is 4.90 Å². The fourth-order valence-corrected chi connectivity index (χ4v) is 4.92. The molecule has 0 aliphatic rings. The van der Waals surface area contributed by atoms with Gasteiger partial charge in [0.05, 0.1) is 15.6 Å². The Morgan fingerprint density at radius 1 is 0.818 bits per heavy atom. The minimum atomic E-state index is -3.83. The van der Waals surface area contributed by atoms with Gasteiger partial charge in [0, 0.05) is 34.0 Å². The summed E-state index contributed by atoms with van der Waals surface area (Å²) in [6, 6.07) is 26.0. The largest absolute Gasteiger partial charge is 0.325 e. The molecule has 0 bridgehead atoms. The van der Waals surface area contributed by atoms with Gasteiger partial charge in [-0.1, -0.05) is 18.2 Å². The van der Waals surface area contributed by atoms with Gasteiger partial charge in [0.1, 0.15) is 5.70 Å². The number of primary sulfonamides is 1. The predicted octanol–water partition coefficient (Wildman–Crippen LogP) is 4.38. The molecule has 0 atom stereocenters. The van der Waals surface area contributed by atoms with Gasteiger partial charge in [-0.2, -0.15) is 0 Å². The van der Waals surface area contributed by atoms with Crippen molar-refractivity contribution in [3.8, 4) is 0 Å². The van der Waals surface area contributed by atoms with Gasteiger partial charge in [-0.3, -0.25) is 24.5 Å². The molecule has 224 valence electrons. The number of nitro groups is 1. The average Bonchev–Trinajstić information content (AvgIpc) is 3.01. The lowest BCUT2D eigenvalue weighted by atomic mass is 10.1. The number of hydrogen-bond donors (Lipinski definition) is 4. The van der Waals surface area contributed by atoms with E-state index in [2.05, 4.69) is 16.0 Å². The molecule has 0 aliphatic carbocycles. The van der Waals surface area contributed by atoms with Crippen molar-refractivity contribution >= 4 is 62.6 Å². The van der Waals surface area contributed by atoms with Crippen LogP contribution in [0, 0.1) is 10.1 Å². The monoisotopic (exact) mass is 631 g/mol. The van der Waals surface area contributed by atoms with E-state index in [9.17, 15) is 32.9 Å². The molecule has 0 spiro atoms.